The molecule has 1 aliphatic rings. The predicted octanol–water partition coefficient (Wildman–Crippen LogP) is 4.21. The number of thiophene rings is 1. The van der Waals surface area contributed by atoms with Crippen molar-refractivity contribution in [3.8, 4) is 0 Å². The van der Waals surface area contributed by atoms with E-state index in [0.29, 0.717) is 0 Å². The Kier molecular flexibility index (Phi) is 2.84. The van der Waals surface area contributed by atoms with E-state index in [1.165, 1.54) is 19.3 Å². The van der Waals surface area contributed by atoms with Crippen molar-refractivity contribution in [2.75, 3.05) is 0 Å². The van der Waals surface area contributed by atoms with Gasteiger partial charge < -0.3 is 0 Å². The van der Waals surface area contributed by atoms with Gasteiger partial charge in [-0.2, -0.15) is 0 Å². The highest BCUT2D eigenvalue weighted by Gasteiger charge is 2.22. The monoisotopic (exact) mass is 192 g/mol. The van der Waals surface area contributed by atoms with Gasteiger partial charge in [-0.25, -0.2) is 0 Å². The first kappa shape index (κ1) is 9.01. The maximum Gasteiger partial charge on any atom is 0.00821 e. The fraction of sp³-hybridized carbons (Fsp3) is 0.500. The molecule has 2 atom stereocenters. The first-order chi connectivity index (χ1) is 6.42. The Balaban J connectivity index is 2.17. The summed E-state index contributed by atoms with van der Waals surface area (Å²) in [5, 5.41) is 2.19. The fourth-order valence-corrected chi connectivity index (χ4v) is 3.11. The molecule has 1 heterocycles. The lowest BCUT2D eigenvalue weighted by Gasteiger charge is -2.26. The Hall–Kier alpha value is -0.560. The molecule has 0 nitrogen and oxygen atoms in total. The van der Waals surface area contributed by atoms with E-state index >= 15 is 0 Å². The van der Waals surface area contributed by atoms with E-state index in [0.717, 1.165) is 11.8 Å². The van der Waals surface area contributed by atoms with Gasteiger partial charge in [-0.15, -0.1) is 11.3 Å². The van der Waals surface area contributed by atoms with Gasteiger partial charge in [-0.05, 0) is 36.1 Å². The summed E-state index contributed by atoms with van der Waals surface area (Å²) < 4.78 is 0. The van der Waals surface area contributed by atoms with Crippen molar-refractivity contribution < 1.29 is 0 Å². The minimum absolute atomic E-state index is 0.801. The Bertz CT molecular complexity index is 271. The molecular weight excluding hydrogens is 176 g/mol. The van der Waals surface area contributed by atoms with E-state index in [1.54, 1.807) is 4.88 Å². The zero-order chi connectivity index (χ0) is 9.10. The summed E-state index contributed by atoms with van der Waals surface area (Å²) in [4.78, 5) is 1.58. The first-order valence-electron chi connectivity index (χ1n) is 5.10. The average Bonchev–Trinajstić information content (AvgIpc) is 2.70. The van der Waals surface area contributed by atoms with E-state index in [4.69, 9.17) is 0 Å². The topological polar surface area (TPSA) is 0 Å². The third kappa shape index (κ3) is 1.86. The van der Waals surface area contributed by atoms with Crippen molar-refractivity contribution in [1.29, 1.82) is 0 Å². The molecule has 0 N–H and O–H groups in total. The van der Waals surface area contributed by atoms with Crippen LogP contribution in [0, 0.1) is 5.92 Å². The molecule has 2 rings (SSSR count). The van der Waals surface area contributed by atoms with E-state index in [9.17, 15) is 0 Å². The third-order valence-corrected chi connectivity index (χ3v) is 4.00. The number of allylic oxidation sites excluding steroid dienone is 2. The molecule has 13 heavy (non-hydrogen) atoms. The molecule has 0 radical (unpaired) electrons. The van der Waals surface area contributed by atoms with Crippen molar-refractivity contribution in [1.82, 2.24) is 0 Å². The highest BCUT2D eigenvalue weighted by Crippen LogP contribution is 2.38. The Morgan fingerprint density at radius 2 is 2.23 bits per heavy atom. The molecule has 0 fully saturated rings. The molecule has 0 aliphatic heterocycles. The van der Waals surface area contributed by atoms with Crippen molar-refractivity contribution in [2.45, 2.75) is 32.1 Å². The number of rotatable bonds is 2. The lowest BCUT2D eigenvalue weighted by molar-refractivity contribution is 0.405. The molecule has 1 aromatic rings. The van der Waals surface area contributed by atoms with Gasteiger partial charge in [0.2, 0.25) is 0 Å². The normalized spacial score (nSPS) is 27.8. The second-order valence-corrected chi connectivity index (χ2v) is 4.71. The standard InChI is InChI=1S/C12H16S/c1-2-10-6-3-4-7-11(10)12-8-5-9-13-12/h3-5,8-11H,2,6-7H2,1H3. The number of hydrogen-bond acceptors (Lipinski definition) is 1. The van der Waals surface area contributed by atoms with Crippen molar-refractivity contribution in [3.05, 3.63) is 34.5 Å². The Morgan fingerprint density at radius 3 is 2.92 bits per heavy atom. The van der Waals surface area contributed by atoms with Gasteiger partial charge in [0.1, 0.15) is 0 Å². The minimum atomic E-state index is 0.801. The van der Waals surface area contributed by atoms with Gasteiger partial charge in [0.15, 0.2) is 0 Å². The average molecular weight is 192 g/mol. The van der Waals surface area contributed by atoms with E-state index in [1.807, 2.05) is 11.3 Å². The molecule has 0 saturated heterocycles. The summed E-state index contributed by atoms with van der Waals surface area (Å²) >= 11 is 1.91. The third-order valence-electron chi connectivity index (χ3n) is 3.00. The van der Waals surface area contributed by atoms with Crippen LogP contribution in [0.1, 0.15) is 37.0 Å². The lowest BCUT2D eigenvalue weighted by Crippen LogP contribution is -2.12. The molecule has 0 saturated carbocycles. The Morgan fingerprint density at radius 1 is 1.38 bits per heavy atom. The summed E-state index contributed by atoms with van der Waals surface area (Å²) in [5.74, 6) is 1.68. The van der Waals surface area contributed by atoms with Gasteiger partial charge in [-0.3, -0.25) is 0 Å². The molecule has 1 heteroatoms. The van der Waals surface area contributed by atoms with E-state index in [2.05, 4.69) is 36.6 Å². The summed E-state index contributed by atoms with van der Waals surface area (Å²) in [5.41, 5.74) is 0. The predicted molar refractivity (Wildman–Crippen MR) is 59.2 cm³/mol. The van der Waals surface area contributed by atoms with Gasteiger partial charge in [-0.1, -0.05) is 31.6 Å². The van der Waals surface area contributed by atoms with Crippen LogP contribution in [0.4, 0.5) is 0 Å². The van der Waals surface area contributed by atoms with Crippen molar-refractivity contribution in [2.24, 2.45) is 5.92 Å². The molecule has 1 aromatic heterocycles. The van der Waals surface area contributed by atoms with Crippen LogP contribution >= 0.6 is 11.3 Å². The minimum Gasteiger partial charge on any atom is -0.149 e. The molecule has 2 unspecified atom stereocenters. The lowest BCUT2D eigenvalue weighted by atomic mass is 9.80. The summed E-state index contributed by atoms with van der Waals surface area (Å²) in [6.07, 6.45) is 8.53. The van der Waals surface area contributed by atoms with Gasteiger partial charge in [0.25, 0.3) is 0 Å². The highest BCUT2D eigenvalue weighted by atomic mass is 32.1. The first-order valence-corrected chi connectivity index (χ1v) is 5.98. The van der Waals surface area contributed by atoms with Gasteiger partial charge in [0.05, 0.1) is 0 Å². The van der Waals surface area contributed by atoms with Crippen molar-refractivity contribution >= 4 is 11.3 Å². The van der Waals surface area contributed by atoms with E-state index in [-0.39, 0.29) is 0 Å². The second kappa shape index (κ2) is 4.10. The molecule has 1 aliphatic carbocycles. The molecule has 0 spiro atoms. The SMILES string of the molecule is CCC1CC=CCC1c1cccs1. The summed E-state index contributed by atoms with van der Waals surface area (Å²) in [7, 11) is 0. The van der Waals surface area contributed by atoms with Gasteiger partial charge in [0, 0.05) is 4.88 Å². The number of hydrogen-bond donors (Lipinski definition) is 0. The second-order valence-electron chi connectivity index (χ2n) is 3.73. The van der Waals surface area contributed by atoms with Crippen LogP contribution in [-0.4, -0.2) is 0 Å². The smallest absolute Gasteiger partial charge is 0.00821 e. The van der Waals surface area contributed by atoms with Crippen LogP contribution in [0.2, 0.25) is 0 Å². The Labute approximate surface area is 84.3 Å². The molecular formula is C12H16S. The summed E-state index contributed by atoms with van der Waals surface area (Å²) in [6.45, 7) is 2.31. The van der Waals surface area contributed by atoms with Crippen LogP contribution < -0.4 is 0 Å². The van der Waals surface area contributed by atoms with E-state index < -0.39 is 0 Å². The van der Waals surface area contributed by atoms with Crippen LogP contribution in [0.3, 0.4) is 0 Å². The maximum atomic E-state index is 2.35. The molecule has 0 bridgehead atoms. The van der Waals surface area contributed by atoms with Crippen LogP contribution in [0.15, 0.2) is 29.7 Å². The largest absolute Gasteiger partial charge is 0.149 e. The molecule has 0 amide bonds. The zero-order valence-electron chi connectivity index (χ0n) is 8.07. The van der Waals surface area contributed by atoms with Crippen LogP contribution in [-0.2, 0) is 0 Å². The van der Waals surface area contributed by atoms with Crippen LogP contribution in [0.25, 0.3) is 0 Å². The van der Waals surface area contributed by atoms with Crippen molar-refractivity contribution in [3.63, 3.8) is 0 Å². The highest BCUT2D eigenvalue weighted by molar-refractivity contribution is 7.10. The van der Waals surface area contributed by atoms with Crippen LogP contribution in [0.5, 0.6) is 0 Å². The zero-order valence-corrected chi connectivity index (χ0v) is 8.89. The quantitative estimate of drug-likeness (QED) is 0.616. The summed E-state index contributed by atoms with van der Waals surface area (Å²) in [6, 6.07) is 4.46. The fourth-order valence-electron chi connectivity index (χ4n) is 2.17. The van der Waals surface area contributed by atoms with Gasteiger partial charge >= 0.3 is 0 Å². The molecule has 0 aromatic carbocycles. The molecule has 70 valence electrons. The maximum absolute atomic E-state index is 2.35.